The molecule has 0 fully saturated rings. The van der Waals surface area contributed by atoms with Crippen molar-refractivity contribution in [1.29, 1.82) is 0 Å². The molecule has 0 radical (unpaired) electrons. The zero-order valence-corrected chi connectivity index (χ0v) is 10.9. The third-order valence-electron chi connectivity index (χ3n) is 2.94. The van der Waals surface area contributed by atoms with Crippen LogP contribution in [0.4, 0.5) is 11.4 Å². The number of nitrogens with zero attached hydrogens (tertiary/aromatic N) is 2. The molecular weight excluding hydrogens is 222 g/mol. The zero-order valence-electron chi connectivity index (χ0n) is 10.9. The van der Waals surface area contributed by atoms with Crippen LogP contribution < -0.4 is 10.6 Å². The van der Waals surface area contributed by atoms with Crippen molar-refractivity contribution < 1.29 is 0 Å². The summed E-state index contributed by atoms with van der Waals surface area (Å²) in [6.45, 7) is 5.93. The molecule has 18 heavy (non-hydrogen) atoms. The van der Waals surface area contributed by atoms with Crippen molar-refractivity contribution >= 4 is 11.4 Å². The maximum Gasteiger partial charge on any atom is 0.0602 e. The summed E-state index contributed by atoms with van der Waals surface area (Å²) >= 11 is 0. The molecule has 0 aliphatic carbocycles. The Morgan fingerprint density at radius 3 is 2.44 bits per heavy atom. The smallest absolute Gasteiger partial charge is 0.0602 e. The van der Waals surface area contributed by atoms with Gasteiger partial charge in [0.05, 0.1) is 12.2 Å². The molecular formula is C15H19N3. The van der Waals surface area contributed by atoms with E-state index in [1.165, 1.54) is 5.69 Å². The molecule has 0 saturated heterocycles. The highest BCUT2D eigenvalue weighted by molar-refractivity contribution is 5.53. The molecule has 0 bridgehead atoms. The number of rotatable bonds is 4. The summed E-state index contributed by atoms with van der Waals surface area (Å²) in [7, 11) is 0. The molecule has 0 amide bonds. The molecule has 2 rings (SSSR count). The Morgan fingerprint density at radius 2 is 1.83 bits per heavy atom. The monoisotopic (exact) mass is 241 g/mol. The van der Waals surface area contributed by atoms with Crippen molar-refractivity contribution in [3.05, 3.63) is 53.9 Å². The van der Waals surface area contributed by atoms with Crippen LogP contribution in [0.2, 0.25) is 0 Å². The quantitative estimate of drug-likeness (QED) is 0.837. The van der Waals surface area contributed by atoms with E-state index in [4.69, 9.17) is 5.73 Å². The highest BCUT2D eigenvalue weighted by Gasteiger charge is 2.06. The number of hydrogen-bond acceptors (Lipinski definition) is 3. The summed E-state index contributed by atoms with van der Waals surface area (Å²) in [6.07, 6.45) is 0. The summed E-state index contributed by atoms with van der Waals surface area (Å²) < 4.78 is 0. The molecule has 2 aromatic rings. The van der Waals surface area contributed by atoms with Gasteiger partial charge in [-0.3, -0.25) is 4.98 Å². The molecule has 3 nitrogen and oxygen atoms in total. The number of nitrogen functional groups attached to an aromatic ring is 1. The second-order valence-electron chi connectivity index (χ2n) is 4.38. The molecule has 3 heteroatoms. The summed E-state index contributed by atoms with van der Waals surface area (Å²) in [6, 6.07) is 14.1. The first-order valence-corrected chi connectivity index (χ1v) is 6.22. The second-order valence-corrected chi connectivity index (χ2v) is 4.38. The van der Waals surface area contributed by atoms with E-state index in [2.05, 4.69) is 41.1 Å². The van der Waals surface area contributed by atoms with Crippen LogP contribution in [0.5, 0.6) is 0 Å². The van der Waals surface area contributed by atoms with Gasteiger partial charge in [0.1, 0.15) is 0 Å². The maximum atomic E-state index is 5.71. The number of anilines is 2. The van der Waals surface area contributed by atoms with E-state index >= 15 is 0 Å². The molecule has 0 saturated carbocycles. The lowest BCUT2D eigenvalue weighted by Gasteiger charge is -2.23. The third kappa shape index (κ3) is 3.00. The fourth-order valence-corrected chi connectivity index (χ4v) is 1.95. The van der Waals surface area contributed by atoms with Gasteiger partial charge in [-0.15, -0.1) is 0 Å². The summed E-state index contributed by atoms with van der Waals surface area (Å²) in [5.41, 5.74) is 9.83. The highest BCUT2D eigenvalue weighted by Crippen LogP contribution is 2.18. The molecule has 0 atom stereocenters. The van der Waals surface area contributed by atoms with E-state index in [1.807, 2.05) is 25.1 Å². The summed E-state index contributed by atoms with van der Waals surface area (Å²) in [4.78, 5) is 6.82. The molecule has 1 aromatic heterocycles. The second kappa shape index (κ2) is 5.54. The summed E-state index contributed by atoms with van der Waals surface area (Å²) in [5.74, 6) is 0. The minimum atomic E-state index is 0.795. The van der Waals surface area contributed by atoms with Crippen LogP contribution in [-0.4, -0.2) is 11.5 Å². The Bertz CT molecular complexity index is 505. The van der Waals surface area contributed by atoms with Gasteiger partial charge in [-0.1, -0.05) is 6.07 Å². The van der Waals surface area contributed by atoms with E-state index < -0.39 is 0 Å². The van der Waals surface area contributed by atoms with E-state index in [9.17, 15) is 0 Å². The van der Waals surface area contributed by atoms with Crippen LogP contribution in [0.1, 0.15) is 18.3 Å². The normalized spacial score (nSPS) is 10.3. The first-order chi connectivity index (χ1) is 8.69. The maximum absolute atomic E-state index is 5.71. The largest absolute Gasteiger partial charge is 0.399 e. The van der Waals surface area contributed by atoms with Crippen LogP contribution in [0.3, 0.4) is 0 Å². The zero-order chi connectivity index (χ0) is 13.0. The highest BCUT2D eigenvalue weighted by atomic mass is 15.1. The standard InChI is InChI=1S/C15H19N3/c1-3-18(15-9-7-13(16)8-10-15)11-14-6-4-5-12(2)17-14/h4-10H,3,11,16H2,1-2H3. The average Bonchev–Trinajstić information content (AvgIpc) is 2.37. The SMILES string of the molecule is CCN(Cc1cccc(C)n1)c1ccc(N)cc1. The number of hydrogen-bond donors (Lipinski definition) is 1. The molecule has 0 aliphatic heterocycles. The van der Waals surface area contributed by atoms with Crippen molar-refractivity contribution in [3.8, 4) is 0 Å². The number of benzene rings is 1. The van der Waals surface area contributed by atoms with Gasteiger partial charge in [-0.2, -0.15) is 0 Å². The Balaban J connectivity index is 2.17. The van der Waals surface area contributed by atoms with Crippen LogP contribution >= 0.6 is 0 Å². The molecule has 0 unspecified atom stereocenters. The fourth-order valence-electron chi connectivity index (χ4n) is 1.95. The predicted molar refractivity (Wildman–Crippen MR) is 76.6 cm³/mol. The van der Waals surface area contributed by atoms with Gasteiger partial charge in [0.15, 0.2) is 0 Å². The van der Waals surface area contributed by atoms with Gasteiger partial charge in [-0.25, -0.2) is 0 Å². The van der Waals surface area contributed by atoms with Gasteiger partial charge >= 0.3 is 0 Å². The van der Waals surface area contributed by atoms with E-state index in [-0.39, 0.29) is 0 Å². The molecule has 2 N–H and O–H groups in total. The van der Waals surface area contributed by atoms with Crippen molar-refractivity contribution in [3.63, 3.8) is 0 Å². The van der Waals surface area contributed by atoms with Gasteiger partial charge < -0.3 is 10.6 Å². The van der Waals surface area contributed by atoms with Gasteiger partial charge in [0.25, 0.3) is 0 Å². The molecule has 0 aliphatic rings. The first kappa shape index (κ1) is 12.4. The summed E-state index contributed by atoms with van der Waals surface area (Å²) in [5, 5.41) is 0. The topological polar surface area (TPSA) is 42.2 Å². The van der Waals surface area contributed by atoms with Crippen molar-refractivity contribution in [2.24, 2.45) is 0 Å². The van der Waals surface area contributed by atoms with Gasteiger partial charge in [-0.05, 0) is 50.2 Å². The Kier molecular flexibility index (Phi) is 3.82. The van der Waals surface area contributed by atoms with Gasteiger partial charge in [0, 0.05) is 23.6 Å². The van der Waals surface area contributed by atoms with Crippen LogP contribution in [0.15, 0.2) is 42.5 Å². The predicted octanol–water partition coefficient (Wildman–Crippen LogP) is 3.00. The lowest BCUT2D eigenvalue weighted by atomic mass is 10.2. The van der Waals surface area contributed by atoms with Gasteiger partial charge in [0.2, 0.25) is 0 Å². The molecule has 1 heterocycles. The fraction of sp³-hybridized carbons (Fsp3) is 0.267. The lowest BCUT2D eigenvalue weighted by Crippen LogP contribution is -2.22. The lowest BCUT2D eigenvalue weighted by molar-refractivity contribution is 0.806. The first-order valence-electron chi connectivity index (χ1n) is 6.22. The Hall–Kier alpha value is -2.03. The van der Waals surface area contributed by atoms with E-state index in [1.54, 1.807) is 0 Å². The van der Waals surface area contributed by atoms with Crippen molar-refractivity contribution in [2.45, 2.75) is 20.4 Å². The Morgan fingerprint density at radius 1 is 1.11 bits per heavy atom. The van der Waals surface area contributed by atoms with E-state index in [0.717, 1.165) is 30.2 Å². The third-order valence-corrected chi connectivity index (χ3v) is 2.94. The van der Waals surface area contributed by atoms with E-state index in [0.29, 0.717) is 0 Å². The van der Waals surface area contributed by atoms with Crippen molar-refractivity contribution in [2.75, 3.05) is 17.2 Å². The number of pyridine rings is 1. The number of nitrogens with two attached hydrogens (primary N) is 1. The van der Waals surface area contributed by atoms with Crippen molar-refractivity contribution in [1.82, 2.24) is 4.98 Å². The van der Waals surface area contributed by atoms with Crippen LogP contribution in [0, 0.1) is 6.92 Å². The minimum absolute atomic E-state index is 0.795. The number of aromatic nitrogens is 1. The van der Waals surface area contributed by atoms with Crippen LogP contribution in [0.25, 0.3) is 0 Å². The number of aryl methyl sites for hydroxylation is 1. The molecule has 94 valence electrons. The average molecular weight is 241 g/mol. The van der Waals surface area contributed by atoms with Crippen LogP contribution in [-0.2, 0) is 6.54 Å². The minimum Gasteiger partial charge on any atom is -0.399 e. The Labute approximate surface area is 108 Å². The molecule has 1 aromatic carbocycles. The molecule has 0 spiro atoms.